The molecule has 2 rings (SSSR count). The van der Waals surface area contributed by atoms with Gasteiger partial charge in [0.25, 0.3) is 5.91 Å². The molecule has 86 valence electrons. The van der Waals surface area contributed by atoms with Crippen LogP contribution >= 0.6 is 11.6 Å². The van der Waals surface area contributed by atoms with E-state index in [9.17, 15) is 4.79 Å². The Hall–Kier alpha value is -1.22. The molecular formula is C12H15ClN2O. The quantitative estimate of drug-likeness (QED) is 0.795. The van der Waals surface area contributed by atoms with E-state index < -0.39 is 0 Å². The molecule has 1 amide bonds. The number of halogens is 1. The van der Waals surface area contributed by atoms with Crippen LogP contribution in [0.15, 0.2) is 18.2 Å². The van der Waals surface area contributed by atoms with Crippen molar-refractivity contribution < 1.29 is 4.79 Å². The lowest BCUT2D eigenvalue weighted by Crippen LogP contribution is -2.32. The van der Waals surface area contributed by atoms with Crippen LogP contribution in [-0.2, 0) is 0 Å². The molecule has 0 aliphatic heterocycles. The Balaban J connectivity index is 1.99. The zero-order valence-electron chi connectivity index (χ0n) is 9.00. The first-order chi connectivity index (χ1) is 7.68. The van der Waals surface area contributed by atoms with Gasteiger partial charge in [-0.15, -0.1) is 0 Å². The highest BCUT2D eigenvalue weighted by atomic mass is 35.5. The smallest absolute Gasteiger partial charge is 0.252 e. The third-order valence-electron chi connectivity index (χ3n) is 3.05. The number of nitrogen functional groups attached to an aromatic ring is 1. The maximum absolute atomic E-state index is 11.8. The van der Waals surface area contributed by atoms with E-state index in [1.807, 2.05) is 0 Å². The molecule has 1 saturated carbocycles. The normalized spacial score (nSPS) is 15.6. The average molecular weight is 239 g/mol. The number of carbonyl (C=O) groups excluding carboxylic acids is 1. The number of benzene rings is 1. The van der Waals surface area contributed by atoms with E-state index in [0.29, 0.717) is 22.2 Å². The summed E-state index contributed by atoms with van der Waals surface area (Å²) in [6, 6.07) is 5.11. The van der Waals surface area contributed by atoms with Crippen molar-refractivity contribution in [3.8, 4) is 0 Å². The highest BCUT2D eigenvalue weighted by Crippen LogP contribution is 2.26. The van der Waals surface area contributed by atoms with Crippen molar-refractivity contribution in [2.75, 3.05) is 12.3 Å². The van der Waals surface area contributed by atoms with Gasteiger partial charge in [0.05, 0.1) is 16.3 Å². The van der Waals surface area contributed by atoms with Crippen LogP contribution in [-0.4, -0.2) is 12.5 Å². The van der Waals surface area contributed by atoms with Crippen LogP contribution in [0.25, 0.3) is 0 Å². The Labute approximate surface area is 100.0 Å². The van der Waals surface area contributed by atoms with Gasteiger partial charge in [0.2, 0.25) is 0 Å². The zero-order chi connectivity index (χ0) is 11.5. The number of rotatable bonds is 3. The van der Waals surface area contributed by atoms with Crippen LogP contribution < -0.4 is 11.1 Å². The summed E-state index contributed by atoms with van der Waals surface area (Å²) in [6.07, 6.45) is 3.70. The second-order valence-electron chi connectivity index (χ2n) is 4.22. The minimum atomic E-state index is -0.135. The van der Waals surface area contributed by atoms with Crippen LogP contribution in [0, 0.1) is 5.92 Å². The van der Waals surface area contributed by atoms with Crippen molar-refractivity contribution in [1.82, 2.24) is 5.32 Å². The third kappa shape index (κ3) is 2.30. The molecule has 3 nitrogen and oxygen atoms in total. The van der Waals surface area contributed by atoms with E-state index in [1.165, 1.54) is 19.3 Å². The van der Waals surface area contributed by atoms with Gasteiger partial charge in [-0.3, -0.25) is 4.79 Å². The summed E-state index contributed by atoms with van der Waals surface area (Å²) in [4.78, 5) is 11.8. The maximum atomic E-state index is 11.8. The van der Waals surface area contributed by atoms with E-state index in [2.05, 4.69) is 5.32 Å². The fourth-order valence-electron chi connectivity index (χ4n) is 1.75. The summed E-state index contributed by atoms with van der Waals surface area (Å²) in [7, 11) is 0. The van der Waals surface area contributed by atoms with Gasteiger partial charge in [-0.1, -0.05) is 24.1 Å². The molecule has 1 aromatic rings. The predicted molar refractivity (Wildman–Crippen MR) is 65.5 cm³/mol. The number of hydrogen-bond acceptors (Lipinski definition) is 2. The molecule has 0 bridgehead atoms. The Morgan fingerprint density at radius 3 is 2.88 bits per heavy atom. The standard InChI is InChI=1S/C12H15ClN2O/c13-11-9(5-2-6-10(11)14)12(16)15-7-8-3-1-4-8/h2,5-6,8H,1,3-4,7,14H2,(H,15,16). The molecule has 1 aromatic carbocycles. The van der Waals surface area contributed by atoms with Crippen molar-refractivity contribution >= 4 is 23.2 Å². The molecule has 0 unspecified atom stereocenters. The number of hydrogen-bond donors (Lipinski definition) is 2. The Morgan fingerprint density at radius 1 is 1.50 bits per heavy atom. The maximum Gasteiger partial charge on any atom is 0.252 e. The van der Waals surface area contributed by atoms with Crippen LogP contribution in [0.1, 0.15) is 29.6 Å². The fourth-order valence-corrected chi connectivity index (χ4v) is 1.97. The molecule has 0 aromatic heterocycles. The van der Waals surface area contributed by atoms with Crippen LogP contribution in [0.2, 0.25) is 5.02 Å². The second-order valence-corrected chi connectivity index (χ2v) is 4.59. The molecule has 1 aliphatic carbocycles. The average Bonchev–Trinajstić information content (AvgIpc) is 2.19. The van der Waals surface area contributed by atoms with Crippen LogP contribution in [0.3, 0.4) is 0 Å². The lowest BCUT2D eigenvalue weighted by molar-refractivity contribution is 0.0939. The topological polar surface area (TPSA) is 55.1 Å². The van der Waals surface area contributed by atoms with Crippen molar-refractivity contribution in [3.63, 3.8) is 0 Å². The summed E-state index contributed by atoms with van der Waals surface area (Å²) >= 11 is 5.97. The second kappa shape index (κ2) is 4.74. The van der Waals surface area contributed by atoms with E-state index in [1.54, 1.807) is 18.2 Å². The van der Waals surface area contributed by atoms with Crippen LogP contribution in [0.4, 0.5) is 5.69 Å². The van der Waals surface area contributed by atoms with E-state index in [4.69, 9.17) is 17.3 Å². The summed E-state index contributed by atoms with van der Waals surface area (Å²) in [5.41, 5.74) is 6.54. The first kappa shape index (κ1) is 11.3. The number of carbonyl (C=O) groups is 1. The van der Waals surface area contributed by atoms with Crippen LogP contribution in [0.5, 0.6) is 0 Å². The van der Waals surface area contributed by atoms with Crippen molar-refractivity contribution in [2.24, 2.45) is 5.92 Å². The Kier molecular flexibility index (Phi) is 3.34. The summed E-state index contributed by atoms with van der Waals surface area (Å²) in [6.45, 7) is 0.740. The molecule has 0 atom stereocenters. The molecule has 0 spiro atoms. The fraction of sp³-hybridized carbons (Fsp3) is 0.417. The van der Waals surface area contributed by atoms with Gasteiger partial charge in [0.1, 0.15) is 0 Å². The monoisotopic (exact) mass is 238 g/mol. The van der Waals surface area contributed by atoms with Gasteiger partial charge < -0.3 is 11.1 Å². The molecule has 0 saturated heterocycles. The minimum Gasteiger partial charge on any atom is -0.398 e. The summed E-state index contributed by atoms with van der Waals surface area (Å²) < 4.78 is 0. The largest absolute Gasteiger partial charge is 0.398 e. The van der Waals surface area contributed by atoms with Gasteiger partial charge >= 0.3 is 0 Å². The van der Waals surface area contributed by atoms with E-state index >= 15 is 0 Å². The van der Waals surface area contributed by atoms with E-state index in [-0.39, 0.29) is 5.91 Å². The zero-order valence-corrected chi connectivity index (χ0v) is 9.76. The SMILES string of the molecule is Nc1cccc(C(=O)NCC2CCC2)c1Cl. The molecule has 1 aliphatic rings. The molecular weight excluding hydrogens is 224 g/mol. The first-order valence-corrected chi connectivity index (χ1v) is 5.88. The minimum absolute atomic E-state index is 0.135. The number of amides is 1. The van der Waals surface area contributed by atoms with Gasteiger partial charge in [-0.25, -0.2) is 0 Å². The number of nitrogens with two attached hydrogens (primary N) is 1. The number of nitrogens with one attached hydrogen (secondary N) is 1. The van der Waals surface area contributed by atoms with Gasteiger partial charge in [0.15, 0.2) is 0 Å². The molecule has 1 fully saturated rings. The highest BCUT2D eigenvalue weighted by molar-refractivity contribution is 6.36. The lowest BCUT2D eigenvalue weighted by Gasteiger charge is -2.25. The van der Waals surface area contributed by atoms with Crippen molar-refractivity contribution in [1.29, 1.82) is 0 Å². The highest BCUT2D eigenvalue weighted by Gasteiger charge is 2.19. The summed E-state index contributed by atoms with van der Waals surface area (Å²) in [5.74, 6) is 0.507. The lowest BCUT2D eigenvalue weighted by atomic mass is 9.85. The molecule has 3 N–H and O–H groups in total. The van der Waals surface area contributed by atoms with Gasteiger partial charge in [-0.2, -0.15) is 0 Å². The summed E-state index contributed by atoms with van der Waals surface area (Å²) in [5, 5.41) is 3.23. The van der Waals surface area contributed by atoms with Gasteiger partial charge in [-0.05, 0) is 30.9 Å². The Bertz CT molecular complexity index is 402. The van der Waals surface area contributed by atoms with Gasteiger partial charge in [0, 0.05) is 6.54 Å². The third-order valence-corrected chi connectivity index (χ3v) is 3.47. The predicted octanol–water partition coefficient (Wildman–Crippen LogP) is 2.45. The van der Waals surface area contributed by atoms with Crippen molar-refractivity contribution in [3.05, 3.63) is 28.8 Å². The number of anilines is 1. The molecule has 4 heteroatoms. The molecule has 0 heterocycles. The molecule has 0 radical (unpaired) electrons. The molecule has 16 heavy (non-hydrogen) atoms. The van der Waals surface area contributed by atoms with E-state index in [0.717, 1.165) is 6.54 Å². The first-order valence-electron chi connectivity index (χ1n) is 5.50. The Morgan fingerprint density at radius 2 is 2.25 bits per heavy atom. The van der Waals surface area contributed by atoms with Crippen molar-refractivity contribution in [2.45, 2.75) is 19.3 Å².